The Morgan fingerprint density at radius 1 is 0.541 bits per heavy atom. The summed E-state index contributed by atoms with van der Waals surface area (Å²) in [6, 6.07) is 0. The van der Waals surface area contributed by atoms with Crippen molar-refractivity contribution in [3.8, 4) is 0 Å². The van der Waals surface area contributed by atoms with Crippen molar-refractivity contribution in [1.82, 2.24) is 0 Å². The normalized spacial score (nSPS) is 13.9. The quantitative estimate of drug-likeness (QED) is 0.129. The van der Waals surface area contributed by atoms with Crippen LogP contribution >= 0.6 is 0 Å². The molecule has 4 atom stereocenters. The van der Waals surface area contributed by atoms with Gasteiger partial charge in [-0.25, -0.2) is 0 Å². The molecule has 11 heteroatoms. The summed E-state index contributed by atoms with van der Waals surface area (Å²) in [4.78, 5) is 73.8. The summed E-state index contributed by atoms with van der Waals surface area (Å²) in [5.41, 5.74) is 0. The molecule has 0 aromatic rings. The topological polar surface area (TPSA) is 149 Å². The van der Waals surface area contributed by atoms with Crippen molar-refractivity contribution in [2.24, 2.45) is 0 Å². The first-order valence-electron chi connectivity index (χ1n) is 13.1. The molecule has 0 aliphatic heterocycles. The van der Waals surface area contributed by atoms with Gasteiger partial charge in [-0.15, -0.1) is 0 Å². The fraction of sp³-hybridized carbons (Fsp3) is 0.769. The second-order valence-corrected chi connectivity index (χ2v) is 8.46. The van der Waals surface area contributed by atoms with Gasteiger partial charge in [0.25, 0.3) is 0 Å². The van der Waals surface area contributed by atoms with Crippen molar-refractivity contribution in [2.45, 2.75) is 123 Å². The third kappa shape index (κ3) is 14.4. The van der Waals surface area contributed by atoms with Gasteiger partial charge in [-0.1, -0.05) is 34.6 Å². The maximum atomic E-state index is 12.6. The summed E-state index contributed by atoms with van der Waals surface area (Å²) >= 11 is 0. The van der Waals surface area contributed by atoms with E-state index in [1.165, 1.54) is 0 Å². The Balaban J connectivity index is 6.50. The number of hydrogen-bond acceptors (Lipinski definition) is 11. The molecule has 0 fully saturated rings. The van der Waals surface area contributed by atoms with E-state index in [2.05, 4.69) is 0 Å². The van der Waals surface area contributed by atoms with Crippen LogP contribution in [0.3, 0.4) is 0 Å². The monoisotopic (exact) mass is 530 g/mol. The van der Waals surface area contributed by atoms with Crippen LogP contribution in [0.15, 0.2) is 0 Å². The first kappa shape index (κ1) is 34.0. The highest BCUT2D eigenvalue weighted by molar-refractivity contribution is 5.75. The predicted molar refractivity (Wildman–Crippen MR) is 131 cm³/mol. The Labute approximate surface area is 218 Å². The number of rotatable bonds is 20. The molecular weight excluding hydrogens is 488 g/mol. The van der Waals surface area contributed by atoms with Crippen LogP contribution in [0.2, 0.25) is 0 Å². The predicted octanol–water partition coefficient (Wildman–Crippen LogP) is 3.38. The molecule has 0 saturated carbocycles. The van der Waals surface area contributed by atoms with Gasteiger partial charge in [-0.2, -0.15) is 0 Å². The number of hydrogen-bond donors (Lipinski definition) is 0. The van der Waals surface area contributed by atoms with Crippen LogP contribution < -0.4 is 0 Å². The molecule has 0 rings (SSSR count). The minimum Gasteiger partial charge on any atom is -0.462 e. The molecular formula is C26H42O11. The second-order valence-electron chi connectivity index (χ2n) is 8.46. The van der Waals surface area contributed by atoms with Gasteiger partial charge in [0.05, 0.1) is 0 Å². The Hall–Kier alpha value is -2.98. The van der Waals surface area contributed by atoms with Crippen LogP contribution in [0.25, 0.3) is 0 Å². The number of ether oxygens (including phenoxy) is 5. The molecule has 37 heavy (non-hydrogen) atoms. The van der Waals surface area contributed by atoms with E-state index >= 15 is 0 Å². The standard InChI is InChI=1S/C26H42O11/c1-6-11-20(28)33-17-19(35-22(30)13-8-3)26(37-24(32)15-10-5)25(36-23(31)14-9-4)18(16-27)34-21(29)12-7-2/h16,18-19,25-26H,6-15,17H2,1-5H3/t18-,19+,25+,26+/m0/s1. The Kier molecular flexibility index (Phi) is 18.5. The lowest BCUT2D eigenvalue weighted by molar-refractivity contribution is -0.204. The zero-order valence-electron chi connectivity index (χ0n) is 22.7. The van der Waals surface area contributed by atoms with Crippen molar-refractivity contribution in [3.63, 3.8) is 0 Å². The van der Waals surface area contributed by atoms with E-state index in [1.54, 1.807) is 34.6 Å². The van der Waals surface area contributed by atoms with Crippen LogP contribution in [0.1, 0.15) is 98.8 Å². The van der Waals surface area contributed by atoms with E-state index in [9.17, 15) is 28.8 Å². The maximum absolute atomic E-state index is 12.6. The van der Waals surface area contributed by atoms with Crippen molar-refractivity contribution in [2.75, 3.05) is 6.61 Å². The SMILES string of the molecule is CCCC(=O)OC[C@@H](OC(=O)CCC)[C@@H](OC(=O)CCC)[C@H](OC(=O)CCC)[C@H](C=O)OC(=O)CCC. The molecule has 0 aromatic heterocycles. The zero-order chi connectivity index (χ0) is 28.2. The summed E-state index contributed by atoms with van der Waals surface area (Å²) < 4.78 is 27.0. The van der Waals surface area contributed by atoms with E-state index in [4.69, 9.17) is 23.7 Å². The van der Waals surface area contributed by atoms with Crippen molar-refractivity contribution < 1.29 is 52.5 Å². The summed E-state index contributed by atoms with van der Waals surface area (Å²) in [5.74, 6) is -3.48. The van der Waals surface area contributed by atoms with Gasteiger partial charge in [0, 0.05) is 32.1 Å². The molecule has 11 nitrogen and oxygen atoms in total. The van der Waals surface area contributed by atoms with Gasteiger partial charge in [0.15, 0.2) is 30.7 Å². The average Bonchev–Trinajstić information content (AvgIpc) is 2.83. The Bertz CT molecular complexity index is 734. The molecule has 0 aliphatic rings. The highest BCUT2D eigenvalue weighted by Crippen LogP contribution is 2.21. The Morgan fingerprint density at radius 2 is 0.919 bits per heavy atom. The van der Waals surface area contributed by atoms with Crippen molar-refractivity contribution in [3.05, 3.63) is 0 Å². The van der Waals surface area contributed by atoms with E-state index in [0.717, 1.165) is 0 Å². The maximum Gasteiger partial charge on any atom is 0.306 e. The summed E-state index contributed by atoms with van der Waals surface area (Å²) in [6.45, 7) is 8.20. The Morgan fingerprint density at radius 3 is 1.35 bits per heavy atom. The van der Waals surface area contributed by atoms with E-state index in [-0.39, 0.29) is 38.4 Å². The number of carbonyl (C=O) groups is 6. The lowest BCUT2D eigenvalue weighted by Gasteiger charge is -2.34. The van der Waals surface area contributed by atoms with Crippen LogP contribution in [-0.2, 0) is 52.5 Å². The number of aldehydes is 1. The lowest BCUT2D eigenvalue weighted by Crippen LogP contribution is -2.54. The highest BCUT2D eigenvalue weighted by Gasteiger charge is 2.44. The molecule has 0 unspecified atom stereocenters. The van der Waals surface area contributed by atoms with E-state index in [0.29, 0.717) is 32.1 Å². The molecule has 0 saturated heterocycles. The first-order valence-corrected chi connectivity index (χ1v) is 13.1. The molecule has 0 heterocycles. The molecule has 0 spiro atoms. The van der Waals surface area contributed by atoms with Gasteiger partial charge in [-0.05, 0) is 32.1 Å². The fourth-order valence-corrected chi connectivity index (χ4v) is 3.17. The fourth-order valence-electron chi connectivity index (χ4n) is 3.17. The van der Waals surface area contributed by atoms with Gasteiger partial charge >= 0.3 is 29.8 Å². The third-order valence-corrected chi connectivity index (χ3v) is 4.91. The van der Waals surface area contributed by atoms with Gasteiger partial charge in [-0.3, -0.25) is 28.8 Å². The van der Waals surface area contributed by atoms with Crippen LogP contribution in [0, 0.1) is 0 Å². The lowest BCUT2D eigenvalue weighted by atomic mass is 10.0. The largest absolute Gasteiger partial charge is 0.462 e. The summed E-state index contributed by atoms with van der Waals surface area (Å²) in [5, 5.41) is 0. The highest BCUT2D eigenvalue weighted by atomic mass is 16.6. The number of carbonyl (C=O) groups excluding carboxylic acids is 6. The van der Waals surface area contributed by atoms with Crippen LogP contribution in [-0.4, -0.2) is 67.2 Å². The van der Waals surface area contributed by atoms with Crippen molar-refractivity contribution in [1.29, 1.82) is 0 Å². The average molecular weight is 531 g/mol. The molecule has 0 aliphatic carbocycles. The van der Waals surface area contributed by atoms with E-state index in [1.807, 2.05) is 0 Å². The second kappa shape index (κ2) is 20.1. The minimum absolute atomic E-state index is 0.0101. The molecule has 0 N–H and O–H groups in total. The van der Waals surface area contributed by atoms with Crippen LogP contribution in [0.5, 0.6) is 0 Å². The van der Waals surface area contributed by atoms with E-state index < -0.39 is 60.9 Å². The third-order valence-electron chi connectivity index (χ3n) is 4.91. The minimum atomic E-state index is -1.67. The number of esters is 5. The molecule has 0 aromatic carbocycles. The molecule has 0 amide bonds. The summed E-state index contributed by atoms with van der Waals surface area (Å²) in [7, 11) is 0. The molecule has 212 valence electrons. The van der Waals surface area contributed by atoms with Crippen molar-refractivity contribution >= 4 is 36.1 Å². The van der Waals surface area contributed by atoms with Gasteiger partial charge < -0.3 is 23.7 Å². The van der Waals surface area contributed by atoms with Crippen LogP contribution in [0.4, 0.5) is 0 Å². The smallest absolute Gasteiger partial charge is 0.306 e. The molecule has 0 bridgehead atoms. The van der Waals surface area contributed by atoms with Gasteiger partial charge in [0.2, 0.25) is 0 Å². The molecule has 0 radical (unpaired) electrons. The first-order chi connectivity index (χ1) is 17.7. The van der Waals surface area contributed by atoms with Gasteiger partial charge in [0.1, 0.15) is 6.61 Å². The zero-order valence-corrected chi connectivity index (χ0v) is 22.7. The summed E-state index contributed by atoms with van der Waals surface area (Å²) in [6.07, 6.45) is -3.85.